The van der Waals surface area contributed by atoms with Crippen LogP contribution in [-0.2, 0) is 17.9 Å². The second-order valence-electron chi connectivity index (χ2n) is 7.81. The Morgan fingerprint density at radius 3 is 2.61 bits per heavy atom. The average molecular weight is 465 g/mol. The first-order chi connectivity index (χ1) is 16.0. The van der Waals surface area contributed by atoms with E-state index in [1.165, 1.54) is 0 Å². The molecule has 3 aromatic carbocycles. The summed E-state index contributed by atoms with van der Waals surface area (Å²) in [6, 6.07) is 19.9. The molecule has 2 amide bonds. The smallest absolute Gasteiger partial charge is 0.264 e. The topological polar surface area (TPSA) is 67.9 Å². The number of methoxy groups -OCH3 is 1. The summed E-state index contributed by atoms with van der Waals surface area (Å²) in [7, 11) is 1.62. The molecule has 0 saturated heterocycles. The number of fused-ring (bicyclic) bond motifs is 1. The van der Waals surface area contributed by atoms with Gasteiger partial charge in [-0.2, -0.15) is 0 Å². The number of nitrogens with zero attached hydrogens (tertiary/aromatic N) is 1. The van der Waals surface area contributed by atoms with Gasteiger partial charge in [-0.05, 0) is 54.4 Å². The molecule has 0 bridgehead atoms. The van der Waals surface area contributed by atoms with Crippen LogP contribution in [0.4, 0.5) is 5.69 Å². The second-order valence-corrected chi connectivity index (χ2v) is 8.22. The summed E-state index contributed by atoms with van der Waals surface area (Å²) < 4.78 is 11.3. The van der Waals surface area contributed by atoms with Crippen LogP contribution in [0.1, 0.15) is 34.8 Å². The van der Waals surface area contributed by atoms with Crippen molar-refractivity contribution in [2.45, 2.75) is 32.5 Å². The number of nitrogens with one attached hydrogen (secondary N) is 1. The summed E-state index contributed by atoms with van der Waals surface area (Å²) in [6.07, 6.45) is -0.00406. The van der Waals surface area contributed by atoms with E-state index in [4.69, 9.17) is 21.1 Å². The van der Waals surface area contributed by atoms with E-state index in [2.05, 4.69) is 5.32 Å². The van der Waals surface area contributed by atoms with Gasteiger partial charge in [0.05, 0.1) is 17.7 Å². The van der Waals surface area contributed by atoms with E-state index in [1.807, 2.05) is 37.3 Å². The van der Waals surface area contributed by atoms with Crippen LogP contribution in [0.2, 0.25) is 5.02 Å². The van der Waals surface area contributed by atoms with Crippen LogP contribution in [0.25, 0.3) is 0 Å². The van der Waals surface area contributed by atoms with Gasteiger partial charge in [-0.25, -0.2) is 0 Å². The zero-order chi connectivity index (χ0) is 23.4. The first kappa shape index (κ1) is 22.7. The Balaban J connectivity index is 1.58. The average Bonchev–Trinajstić information content (AvgIpc) is 2.95. The van der Waals surface area contributed by atoms with Gasteiger partial charge in [-0.3, -0.25) is 9.59 Å². The van der Waals surface area contributed by atoms with Crippen LogP contribution >= 0.6 is 11.6 Å². The first-order valence-corrected chi connectivity index (χ1v) is 11.1. The third kappa shape index (κ3) is 5.12. The highest BCUT2D eigenvalue weighted by atomic mass is 35.5. The van der Waals surface area contributed by atoms with E-state index in [-0.39, 0.29) is 11.8 Å². The fourth-order valence-electron chi connectivity index (χ4n) is 3.77. The van der Waals surface area contributed by atoms with Gasteiger partial charge in [-0.15, -0.1) is 0 Å². The van der Waals surface area contributed by atoms with Crippen molar-refractivity contribution in [2.24, 2.45) is 0 Å². The second kappa shape index (κ2) is 9.96. The predicted octanol–water partition coefficient (Wildman–Crippen LogP) is 5.30. The standard InChI is InChI=1S/C26H25ClN2O4/c1-3-23-26(31)29(15-17-8-11-20(32-2)12-9-17)16-18-14-19(10-13-24(18)33-23)28-25(30)21-6-4-5-7-22(21)27/h4-14,23H,3,15-16H2,1-2H3,(H,28,30)/t23-/m1/s1. The maximum Gasteiger partial charge on any atom is 0.264 e. The van der Waals surface area contributed by atoms with Crippen molar-refractivity contribution in [2.75, 3.05) is 12.4 Å². The zero-order valence-electron chi connectivity index (χ0n) is 18.5. The summed E-state index contributed by atoms with van der Waals surface area (Å²) in [5, 5.41) is 3.27. The molecule has 6 nitrogen and oxygen atoms in total. The van der Waals surface area contributed by atoms with E-state index in [9.17, 15) is 9.59 Å². The number of carbonyl (C=O) groups excluding carboxylic acids is 2. The van der Waals surface area contributed by atoms with Crippen LogP contribution in [0, 0.1) is 0 Å². The Morgan fingerprint density at radius 2 is 1.91 bits per heavy atom. The van der Waals surface area contributed by atoms with Gasteiger partial charge in [-0.1, -0.05) is 42.8 Å². The van der Waals surface area contributed by atoms with Gasteiger partial charge in [0.1, 0.15) is 11.5 Å². The van der Waals surface area contributed by atoms with Crippen LogP contribution in [0.3, 0.4) is 0 Å². The maximum atomic E-state index is 13.1. The lowest BCUT2D eigenvalue weighted by Crippen LogP contribution is -2.38. The number of ether oxygens (including phenoxy) is 2. The van der Waals surface area contributed by atoms with Crippen molar-refractivity contribution < 1.29 is 19.1 Å². The van der Waals surface area contributed by atoms with E-state index < -0.39 is 6.10 Å². The fourth-order valence-corrected chi connectivity index (χ4v) is 4.00. The van der Waals surface area contributed by atoms with Gasteiger partial charge in [0.15, 0.2) is 6.10 Å². The minimum atomic E-state index is -0.562. The fraction of sp³-hybridized carbons (Fsp3) is 0.231. The van der Waals surface area contributed by atoms with Crippen LogP contribution in [0.5, 0.6) is 11.5 Å². The number of halogens is 1. The highest BCUT2D eigenvalue weighted by molar-refractivity contribution is 6.34. The Kier molecular flexibility index (Phi) is 6.84. The number of rotatable bonds is 6. The van der Waals surface area contributed by atoms with Crippen molar-refractivity contribution >= 4 is 29.1 Å². The normalized spacial score (nSPS) is 15.3. The molecule has 0 unspecified atom stereocenters. The number of carbonyl (C=O) groups is 2. The molecule has 7 heteroatoms. The summed E-state index contributed by atoms with van der Waals surface area (Å²) in [5.41, 5.74) is 2.82. The molecule has 170 valence electrons. The lowest BCUT2D eigenvalue weighted by atomic mass is 10.1. The van der Waals surface area contributed by atoms with Crippen LogP contribution in [-0.4, -0.2) is 29.9 Å². The van der Waals surface area contributed by atoms with Crippen molar-refractivity contribution in [3.05, 3.63) is 88.4 Å². The number of anilines is 1. The van der Waals surface area contributed by atoms with Gasteiger partial charge in [0.2, 0.25) is 0 Å². The number of hydrogen-bond donors (Lipinski definition) is 1. The van der Waals surface area contributed by atoms with Gasteiger partial charge >= 0.3 is 0 Å². The van der Waals surface area contributed by atoms with E-state index >= 15 is 0 Å². The Hall–Kier alpha value is -3.51. The van der Waals surface area contributed by atoms with Gasteiger partial charge < -0.3 is 19.7 Å². The van der Waals surface area contributed by atoms with E-state index in [0.717, 1.165) is 16.9 Å². The van der Waals surface area contributed by atoms with Gasteiger partial charge in [0.25, 0.3) is 11.8 Å². The number of amides is 2. The molecular formula is C26H25ClN2O4. The molecule has 1 heterocycles. The maximum absolute atomic E-state index is 13.1. The number of benzene rings is 3. The molecule has 1 atom stereocenters. The molecule has 0 fully saturated rings. The minimum Gasteiger partial charge on any atom is -0.497 e. The minimum absolute atomic E-state index is 0.0637. The summed E-state index contributed by atoms with van der Waals surface area (Å²) in [5.74, 6) is 1.04. The van der Waals surface area contributed by atoms with Crippen molar-refractivity contribution in [1.29, 1.82) is 0 Å². The van der Waals surface area contributed by atoms with Crippen LogP contribution in [0.15, 0.2) is 66.7 Å². The van der Waals surface area contributed by atoms with Crippen molar-refractivity contribution in [3.63, 3.8) is 0 Å². The lowest BCUT2D eigenvalue weighted by molar-refractivity contribution is -0.139. The third-order valence-corrected chi connectivity index (χ3v) is 5.89. The molecule has 1 aliphatic heterocycles. The third-order valence-electron chi connectivity index (χ3n) is 5.56. The SMILES string of the molecule is CC[C@H]1Oc2ccc(NC(=O)c3ccccc3Cl)cc2CN(Cc2ccc(OC)cc2)C1=O. The first-order valence-electron chi connectivity index (χ1n) is 10.8. The molecule has 1 N–H and O–H groups in total. The molecule has 0 radical (unpaired) electrons. The summed E-state index contributed by atoms with van der Waals surface area (Å²) in [6.45, 7) is 2.74. The summed E-state index contributed by atoms with van der Waals surface area (Å²) >= 11 is 6.15. The molecule has 3 aromatic rings. The number of hydrogen-bond acceptors (Lipinski definition) is 4. The molecule has 4 rings (SSSR count). The Morgan fingerprint density at radius 1 is 1.15 bits per heavy atom. The highest BCUT2D eigenvalue weighted by Crippen LogP contribution is 2.31. The Labute approximate surface area is 198 Å². The van der Waals surface area contributed by atoms with E-state index in [0.29, 0.717) is 41.5 Å². The molecule has 0 aromatic heterocycles. The Bertz CT molecular complexity index is 1160. The zero-order valence-corrected chi connectivity index (χ0v) is 19.3. The van der Waals surface area contributed by atoms with E-state index in [1.54, 1.807) is 48.4 Å². The van der Waals surface area contributed by atoms with Crippen molar-refractivity contribution in [1.82, 2.24) is 4.90 Å². The molecule has 0 spiro atoms. The summed E-state index contributed by atoms with van der Waals surface area (Å²) in [4.78, 5) is 27.6. The monoisotopic (exact) mass is 464 g/mol. The quantitative estimate of drug-likeness (QED) is 0.537. The molecule has 1 aliphatic rings. The molecule has 33 heavy (non-hydrogen) atoms. The molecule has 0 aliphatic carbocycles. The highest BCUT2D eigenvalue weighted by Gasteiger charge is 2.30. The van der Waals surface area contributed by atoms with Gasteiger partial charge in [0, 0.05) is 24.3 Å². The lowest BCUT2D eigenvalue weighted by Gasteiger charge is -2.23. The largest absolute Gasteiger partial charge is 0.497 e. The predicted molar refractivity (Wildman–Crippen MR) is 128 cm³/mol. The molecule has 0 saturated carbocycles. The van der Waals surface area contributed by atoms with Crippen molar-refractivity contribution in [3.8, 4) is 11.5 Å². The molecular weight excluding hydrogens is 440 g/mol. The van der Waals surface area contributed by atoms with Crippen LogP contribution < -0.4 is 14.8 Å².